The van der Waals surface area contributed by atoms with Crippen molar-refractivity contribution in [2.24, 2.45) is 4.99 Å². The van der Waals surface area contributed by atoms with E-state index in [0.29, 0.717) is 5.56 Å². The van der Waals surface area contributed by atoms with E-state index in [9.17, 15) is 13.6 Å². The van der Waals surface area contributed by atoms with Gasteiger partial charge in [0, 0.05) is 6.42 Å². The van der Waals surface area contributed by atoms with Gasteiger partial charge in [0.2, 0.25) is 12.0 Å². The van der Waals surface area contributed by atoms with Crippen molar-refractivity contribution in [1.82, 2.24) is 0 Å². The average molecular weight is 237 g/mol. The third-order valence-electron chi connectivity index (χ3n) is 3.00. The lowest BCUT2D eigenvalue weighted by Crippen LogP contribution is -2.17. The summed E-state index contributed by atoms with van der Waals surface area (Å²) in [5.74, 6) is -2.75. The van der Waals surface area contributed by atoms with Gasteiger partial charge in [-0.3, -0.25) is 0 Å². The van der Waals surface area contributed by atoms with Gasteiger partial charge in [0.1, 0.15) is 0 Å². The highest BCUT2D eigenvalue weighted by atomic mass is 19.3. The van der Waals surface area contributed by atoms with Crippen LogP contribution in [0.3, 0.4) is 0 Å². The molecule has 17 heavy (non-hydrogen) atoms. The number of benzene rings is 1. The van der Waals surface area contributed by atoms with Gasteiger partial charge in [-0.25, -0.2) is 13.6 Å². The molecule has 0 unspecified atom stereocenters. The van der Waals surface area contributed by atoms with Crippen molar-refractivity contribution in [2.45, 2.75) is 37.6 Å². The van der Waals surface area contributed by atoms with E-state index in [4.69, 9.17) is 0 Å². The molecule has 1 aliphatic rings. The number of isocyanates is 1. The molecule has 0 saturated heterocycles. The van der Waals surface area contributed by atoms with Gasteiger partial charge in [-0.15, -0.1) is 0 Å². The van der Waals surface area contributed by atoms with Gasteiger partial charge in [0.15, 0.2) is 0 Å². The van der Waals surface area contributed by atoms with E-state index in [1.165, 1.54) is 0 Å². The number of halogens is 2. The summed E-state index contributed by atoms with van der Waals surface area (Å²) in [5.41, 5.74) is 0.727. The summed E-state index contributed by atoms with van der Waals surface area (Å²) in [6.45, 7) is 0.895. The maximum absolute atomic E-state index is 13.1. The highest BCUT2D eigenvalue weighted by molar-refractivity contribution is 5.44. The lowest BCUT2D eigenvalue weighted by Gasteiger charge is -2.17. The summed E-state index contributed by atoms with van der Waals surface area (Å²) < 4.78 is 26.1. The molecule has 0 radical (unpaired) electrons. The second kappa shape index (κ2) is 4.04. The fourth-order valence-corrected chi connectivity index (χ4v) is 2.11. The maximum atomic E-state index is 13.1. The summed E-state index contributed by atoms with van der Waals surface area (Å²) in [7, 11) is 0. The summed E-state index contributed by atoms with van der Waals surface area (Å²) in [5, 5.41) is 0. The second-order valence-corrected chi connectivity index (χ2v) is 4.64. The monoisotopic (exact) mass is 237 g/mol. The zero-order chi connectivity index (χ0) is 12.5. The Kier molecular flexibility index (Phi) is 2.84. The Hall–Kier alpha value is -1.54. The second-order valence-electron chi connectivity index (χ2n) is 4.64. The normalized spacial score (nSPS) is 17.4. The molecule has 0 heterocycles. The third kappa shape index (κ3) is 2.59. The number of rotatable bonds is 4. The van der Waals surface area contributed by atoms with Crippen molar-refractivity contribution < 1.29 is 13.6 Å². The third-order valence-corrected chi connectivity index (χ3v) is 3.00. The van der Waals surface area contributed by atoms with Gasteiger partial charge < -0.3 is 0 Å². The van der Waals surface area contributed by atoms with Crippen LogP contribution in [-0.2, 0) is 16.8 Å². The van der Waals surface area contributed by atoms with Gasteiger partial charge in [-0.2, -0.15) is 4.99 Å². The molecule has 2 nitrogen and oxygen atoms in total. The first kappa shape index (κ1) is 11.9. The molecule has 1 aliphatic carbocycles. The summed E-state index contributed by atoms with van der Waals surface area (Å²) in [6.07, 6.45) is 2.69. The minimum absolute atomic E-state index is 0.320. The lowest BCUT2D eigenvalue weighted by molar-refractivity contribution is 0.0223. The van der Waals surface area contributed by atoms with E-state index in [2.05, 4.69) is 4.99 Å². The van der Waals surface area contributed by atoms with E-state index < -0.39 is 11.5 Å². The molecule has 0 aromatic heterocycles. The summed E-state index contributed by atoms with van der Waals surface area (Å²) >= 11 is 0. The molecule has 1 fully saturated rings. The quantitative estimate of drug-likeness (QED) is 0.584. The van der Waals surface area contributed by atoms with E-state index in [1.807, 2.05) is 0 Å². The predicted octanol–water partition coefficient (Wildman–Crippen LogP) is 3.21. The average Bonchev–Trinajstić information content (AvgIpc) is 2.98. The highest BCUT2D eigenvalue weighted by Gasteiger charge is 2.46. The highest BCUT2D eigenvalue weighted by Crippen LogP contribution is 2.50. The van der Waals surface area contributed by atoms with Gasteiger partial charge in [0.05, 0.1) is 5.54 Å². The zero-order valence-electron chi connectivity index (χ0n) is 9.54. The number of hydrogen-bond donors (Lipinski definition) is 0. The van der Waals surface area contributed by atoms with E-state index in [0.717, 1.165) is 25.3 Å². The van der Waals surface area contributed by atoms with Crippen LogP contribution in [0.5, 0.6) is 0 Å². The lowest BCUT2D eigenvalue weighted by atomic mass is 9.95. The van der Waals surface area contributed by atoms with Gasteiger partial charge >= 0.3 is 0 Å². The molecule has 1 saturated carbocycles. The summed E-state index contributed by atoms with van der Waals surface area (Å²) in [6, 6.07) is 6.96. The van der Waals surface area contributed by atoms with Crippen LogP contribution in [0.2, 0.25) is 0 Å². The molecule has 0 amide bonds. The largest absolute Gasteiger partial charge is 0.249 e. The Morgan fingerprint density at radius 1 is 1.41 bits per heavy atom. The molecule has 1 aromatic carbocycles. The Morgan fingerprint density at radius 2 is 2.06 bits per heavy atom. The molecule has 0 atom stereocenters. The van der Waals surface area contributed by atoms with Crippen LogP contribution in [0.4, 0.5) is 8.78 Å². The van der Waals surface area contributed by atoms with Gasteiger partial charge in [-0.05, 0) is 30.9 Å². The van der Waals surface area contributed by atoms with Crippen LogP contribution in [0.25, 0.3) is 0 Å². The van der Waals surface area contributed by atoms with Crippen LogP contribution in [0.1, 0.15) is 30.9 Å². The topological polar surface area (TPSA) is 29.4 Å². The maximum Gasteiger partial charge on any atom is 0.249 e. The zero-order valence-corrected chi connectivity index (χ0v) is 9.54. The first-order valence-electron chi connectivity index (χ1n) is 5.52. The molecule has 0 spiro atoms. The minimum Gasteiger partial charge on any atom is -0.211 e. The van der Waals surface area contributed by atoms with Crippen LogP contribution in [0.15, 0.2) is 29.3 Å². The van der Waals surface area contributed by atoms with Crippen molar-refractivity contribution in [3.63, 3.8) is 0 Å². The molecule has 0 N–H and O–H groups in total. The standard InChI is InChI=1S/C13H13F2NO/c1-12(14,15)8-10-4-2-3-5-11(10)13(6-7-13)16-9-17/h2-5H,6-8H2,1H3. The van der Waals surface area contributed by atoms with Crippen LogP contribution < -0.4 is 0 Å². The van der Waals surface area contributed by atoms with E-state index in [1.54, 1.807) is 30.3 Å². The van der Waals surface area contributed by atoms with Crippen LogP contribution >= 0.6 is 0 Å². The number of alkyl halides is 2. The SMILES string of the molecule is CC(F)(F)Cc1ccccc1C1(N=C=O)CC1. The molecule has 1 aromatic rings. The van der Waals surface area contributed by atoms with Crippen molar-refractivity contribution in [3.05, 3.63) is 35.4 Å². The smallest absolute Gasteiger partial charge is 0.211 e. The first-order valence-corrected chi connectivity index (χ1v) is 5.52. The number of hydrogen-bond acceptors (Lipinski definition) is 2. The first-order chi connectivity index (χ1) is 7.97. The van der Waals surface area contributed by atoms with Gasteiger partial charge in [-0.1, -0.05) is 24.3 Å². The molecule has 0 bridgehead atoms. The fraction of sp³-hybridized carbons (Fsp3) is 0.462. The summed E-state index contributed by atoms with van der Waals surface area (Å²) in [4.78, 5) is 14.2. The Morgan fingerprint density at radius 3 is 2.59 bits per heavy atom. The predicted molar refractivity (Wildman–Crippen MR) is 59.8 cm³/mol. The van der Waals surface area contributed by atoms with Gasteiger partial charge in [0.25, 0.3) is 0 Å². The Bertz CT molecular complexity index is 469. The number of nitrogens with zero attached hydrogens (tertiary/aromatic N) is 1. The van der Waals surface area contributed by atoms with Crippen LogP contribution in [0, 0.1) is 0 Å². The number of carbonyl (C=O) groups excluding carboxylic acids is 1. The molecular formula is C13H13F2NO. The fourth-order valence-electron chi connectivity index (χ4n) is 2.11. The van der Waals surface area contributed by atoms with Crippen molar-refractivity contribution in [2.75, 3.05) is 0 Å². The van der Waals surface area contributed by atoms with E-state index in [-0.39, 0.29) is 6.42 Å². The van der Waals surface area contributed by atoms with Crippen LogP contribution in [-0.4, -0.2) is 12.0 Å². The number of aliphatic imine (C=N–C) groups is 1. The molecule has 2 rings (SSSR count). The van der Waals surface area contributed by atoms with Crippen molar-refractivity contribution in [1.29, 1.82) is 0 Å². The van der Waals surface area contributed by atoms with E-state index >= 15 is 0 Å². The minimum atomic E-state index is -2.75. The molecule has 0 aliphatic heterocycles. The molecule has 90 valence electrons. The Balaban J connectivity index is 2.38. The van der Waals surface area contributed by atoms with Crippen molar-refractivity contribution >= 4 is 6.08 Å². The molecule has 4 heteroatoms. The van der Waals surface area contributed by atoms with Crippen molar-refractivity contribution in [3.8, 4) is 0 Å². The molecular weight excluding hydrogens is 224 g/mol. The Labute approximate surface area is 98.4 Å².